The highest BCUT2D eigenvalue weighted by Gasteiger charge is 2.56. The fourth-order valence-corrected chi connectivity index (χ4v) is 3.53. The number of carboxylic acids is 1. The highest BCUT2D eigenvalue weighted by Crippen LogP contribution is 2.48. The summed E-state index contributed by atoms with van der Waals surface area (Å²) in [6, 6.07) is 8.69. The quantitative estimate of drug-likeness (QED) is 0.709. The summed E-state index contributed by atoms with van der Waals surface area (Å²) in [5.41, 5.74) is 2.27. The van der Waals surface area contributed by atoms with Crippen molar-refractivity contribution in [1.82, 2.24) is 20.2 Å². The number of nitrogens with zero attached hydrogens (tertiary/aromatic N) is 4. The van der Waals surface area contributed by atoms with Crippen molar-refractivity contribution in [3.8, 4) is 11.5 Å². The number of aromatic nitrogens is 4. The lowest BCUT2D eigenvalue weighted by Gasteiger charge is -2.11. The van der Waals surface area contributed by atoms with E-state index >= 15 is 0 Å². The minimum atomic E-state index is -1.01. The number of nitrogens with one attached hydrogen (secondary N) is 1. The maximum absolute atomic E-state index is 11.4. The van der Waals surface area contributed by atoms with Crippen molar-refractivity contribution in [2.75, 3.05) is 5.32 Å². The molecule has 1 fully saturated rings. The minimum absolute atomic E-state index is 0.149. The molecular formula is C19H17N5O3. The van der Waals surface area contributed by atoms with Gasteiger partial charge in [0.1, 0.15) is 5.41 Å². The van der Waals surface area contributed by atoms with Gasteiger partial charge in [0.05, 0.1) is 5.56 Å². The number of hydrogen-bond donors (Lipinski definition) is 2. The fourth-order valence-electron chi connectivity index (χ4n) is 3.53. The number of hydrogen-bond acceptors (Lipinski definition) is 7. The smallest absolute Gasteiger partial charge is 0.319 e. The summed E-state index contributed by atoms with van der Waals surface area (Å²) >= 11 is 0. The second kappa shape index (κ2) is 5.87. The van der Waals surface area contributed by atoms with E-state index < -0.39 is 11.4 Å². The molecule has 5 rings (SSSR count). The SMILES string of the molecule is O=C(O)C1(c2nnc(-c3cnc(NC4Cc5ccccc5C4)nc3)o2)CC1. The van der Waals surface area contributed by atoms with Crippen molar-refractivity contribution in [1.29, 1.82) is 0 Å². The summed E-state index contributed by atoms with van der Waals surface area (Å²) in [4.78, 5) is 20.0. The van der Waals surface area contributed by atoms with Crippen LogP contribution in [0.5, 0.6) is 0 Å². The van der Waals surface area contributed by atoms with Crippen molar-refractivity contribution in [3.05, 3.63) is 53.7 Å². The van der Waals surface area contributed by atoms with E-state index in [-0.39, 0.29) is 17.8 Å². The lowest BCUT2D eigenvalue weighted by molar-refractivity contribution is -0.140. The molecule has 1 aromatic carbocycles. The first-order valence-corrected chi connectivity index (χ1v) is 8.87. The molecule has 27 heavy (non-hydrogen) atoms. The van der Waals surface area contributed by atoms with E-state index in [4.69, 9.17) is 4.42 Å². The highest BCUT2D eigenvalue weighted by molar-refractivity contribution is 5.83. The maximum Gasteiger partial charge on any atom is 0.319 e. The molecule has 0 unspecified atom stereocenters. The molecule has 0 saturated heterocycles. The summed E-state index contributed by atoms with van der Waals surface area (Å²) in [6.45, 7) is 0. The molecule has 0 amide bonds. The van der Waals surface area contributed by atoms with Gasteiger partial charge in [-0.3, -0.25) is 4.79 Å². The standard InChI is InChI=1S/C19H17N5O3/c25-17(26)19(5-6-19)16-24-23-15(27-16)13-9-20-18(21-10-13)22-14-7-11-3-1-2-4-12(11)8-14/h1-4,9-10,14H,5-8H2,(H,25,26)(H,20,21,22). The average Bonchev–Trinajstić information content (AvgIpc) is 3.17. The predicted octanol–water partition coefficient (Wildman–Crippen LogP) is 2.22. The Balaban J connectivity index is 1.29. The Labute approximate surface area is 154 Å². The number of fused-ring (bicyclic) bond motifs is 1. The van der Waals surface area contributed by atoms with E-state index in [0.29, 0.717) is 24.4 Å². The number of anilines is 1. The van der Waals surface area contributed by atoms with Gasteiger partial charge in [-0.05, 0) is 36.8 Å². The van der Waals surface area contributed by atoms with E-state index in [1.807, 2.05) is 0 Å². The molecule has 1 saturated carbocycles. The number of benzene rings is 1. The molecule has 0 aliphatic heterocycles. The summed E-state index contributed by atoms with van der Waals surface area (Å²) in [6.07, 6.45) is 6.15. The van der Waals surface area contributed by atoms with Crippen LogP contribution in [0.15, 0.2) is 41.1 Å². The highest BCUT2D eigenvalue weighted by atomic mass is 16.4. The van der Waals surface area contributed by atoms with E-state index in [9.17, 15) is 9.90 Å². The first-order valence-electron chi connectivity index (χ1n) is 8.87. The van der Waals surface area contributed by atoms with Crippen molar-refractivity contribution >= 4 is 11.9 Å². The number of carbonyl (C=O) groups is 1. The van der Waals surface area contributed by atoms with E-state index in [1.165, 1.54) is 11.1 Å². The zero-order chi connectivity index (χ0) is 18.4. The summed E-state index contributed by atoms with van der Waals surface area (Å²) < 4.78 is 5.57. The molecule has 3 aromatic rings. The summed E-state index contributed by atoms with van der Waals surface area (Å²) in [7, 11) is 0. The summed E-state index contributed by atoms with van der Waals surface area (Å²) in [5, 5.41) is 20.5. The second-order valence-electron chi connectivity index (χ2n) is 7.11. The lowest BCUT2D eigenvalue weighted by Crippen LogP contribution is -2.20. The van der Waals surface area contributed by atoms with Crippen LogP contribution in [0, 0.1) is 0 Å². The maximum atomic E-state index is 11.4. The molecule has 0 spiro atoms. The van der Waals surface area contributed by atoms with Crippen LogP contribution in [0.3, 0.4) is 0 Å². The first kappa shape index (κ1) is 15.9. The Morgan fingerprint density at radius 3 is 2.37 bits per heavy atom. The van der Waals surface area contributed by atoms with E-state index in [2.05, 4.69) is 49.7 Å². The van der Waals surface area contributed by atoms with Crippen LogP contribution >= 0.6 is 0 Å². The molecule has 8 nitrogen and oxygen atoms in total. The normalized spacial score (nSPS) is 17.5. The molecule has 0 radical (unpaired) electrons. The van der Waals surface area contributed by atoms with Crippen LogP contribution in [0.4, 0.5) is 5.95 Å². The molecular weight excluding hydrogens is 346 g/mol. The van der Waals surface area contributed by atoms with Gasteiger partial charge in [-0.15, -0.1) is 10.2 Å². The third-order valence-corrected chi connectivity index (χ3v) is 5.28. The Kier molecular flexibility index (Phi) is 3.46. The second-order valence-corrected chi connectivity index (χ2v) is 7.11. The Bertz CT molecular complexity index is 985. The molecule has 2 aliphatic carbocycles. The molecule has 2 N–H and O–H groups in total. The molecule has 0 atom stereocenters. The Morgan fingerprint density at radius 2 is 1.78 bits per heavy atom. The molecule has 136 valence electrons. The topological polar surface area (TPSA) is 114 Å². The molecule has 2 aliphatic rings. The number of carboxylic acid groups (broad SMARTS) is 1. The molecule has 0 bridgehead atoms. The minimum Gasteiger partial charge on any atom is -0.480 e. The lowest BCUT2D eigenvalue weighted by atomic mass is 10.1. The van der Waals surface area contributed by atoms with Gasteiger partial charge in [-0.25, -0.2) is 9.97 Å². The van der Waals surface area contributed by atoms with Crippen LogP contribution in [-0.4, -0.2) is 37.3 Å². The van der Waals surface area contributed by atoms with Crippen LogP contribution in [0.1, 0.15) is 29.9 Å². The van der Waals surface area contributed by atoms with Gasteiger partial charge in [0.2, 0.25) is 11.8 Å². The van der Waals surface area contributed by atoms with Crippen LogP contribution in [0.25, 0.3) is 11.5 Å². The van der Waals surface area contributed by atoms with Crippen molar-refractivity contribution in [3.63, 3.8) is 0 Å². The summed E-state index contributed by atoms with van der Waals surface area (Å²) in [5.74, 6) is -0.000167. The zero-order valence-corrected chi connectivity index (χ0v) is 14.4. The van der Waals surface area contributed by atoms with Crippen LogP contribution in [-0.2, 0) is 23.1 Å². The zero-order valence-electron chi connectivity index (χ0n) is 14.4. The van der Waals surface area contributed by atoms with Gasteiger partial charge in [0, 0.05) is 18.4 Å². The van der Waals surface area contributed by atoms with Crippen LogP contribution < -0.4 is 5.32 Å². The van der Waals surface area contributed by atoms with Crippen LogP contribution in [0.2, 0.25) is 0 Å². The number of rotatable bonds is 5. The Hall–Kier alpha value is -3.29. The van der Waals surface area contributed by atoms with Crippen molar-refractivity contribution < 1.29 is 14.3 Å². The van der Waals surface area contributed by atoms with Gasteiger partial charge in [0.25, 0.3) is 5.89 Å². The van der Waals surface area contributed by atoms with E-state index in [0.717, 1.165) is 12.8 Å². The van der Waals surface area contributed by atoms with Gasteiger partial charge < -0.3 is 14.8 Å². The van der Waals surface area contributed by atoms with Crippen molar-refractivity contribution in [2.45, 2.75) is 37.1 Å². The van der Waals surface area contributed by atoms with Crippen molar-refractivity contribution in [2.24, 2.45) is 0 Å². The molecule has 2 heterocycles. The first-order chi connectivity index (χ1) is 13.1. The van der Waals surface area contributed by atoms with E-state index in [1.54, 1.807) is 12.4 Å². The largest absolute Gasteiger partial charge is 0.480 e. The molecule has 2 aromatic heterocycles. The van der Waals surface area contributed by atoms with Gasteiger partial charge in [-0.2, -0.15) is 0 Å². The predicted molar refractivity (Wildman–Crippen MR) is 95.1 cm³/mol. The molecule has 8 heteroatoms. The third-order valence-electron chi connectivity index (χ3n) is 5.28. The fraction of sp³-hybridized carbons (Fsp3) is 0.316. The monoisotopic (exact) mass is 363 g/mol. The van der Waals surface area contributed by atoms with Gasteiger partial charge in [0.15, 0.2) is 0 Å². The third kappa shape index (κ3) is 2.73. The average molecular weight is 363 g/mol. The Morgan fingerprint density at radius 1 is 1.11 bits per heavy atom. The number of aliphatic carboxylic acids is 1. The van der Waals surface area contributed by atoms with Gasteiger partial charge >= 0.3 is 5.97 Å². The van der Waals surface area contributed by atoms with Gasteiger partial charge in [-0.1, -0.05) is 24.3 Å².